The Labute approximate surface area is 151 Å². The van der Waals surface area contributed by atoms with Gasteiger partial charge >= 0.3 is 11.9 Å². The molecule has 2 atom stereocenters. The molecule has 0 aromatic heterocycles. The molecule has 0 amide bonds. The fourth-order valence-corrected chi connectivity index (χ4v) is 2.58. The molecule has 0 saturated carbocycles. The van der Waals surface area contributed by atoms with Crippen LogP contribution in [0.2, 0.25) is 0 Å². The SMILES string of the molecule is CC=C(c1ccccc1)c1ccc(OC(CC(=O)O)[C@H](N)C(=O)O)cc1. The molecule has 136 valence electrons. The summed E-state index contributed by atoms with van der Waals surface area (Å²) in [7, 11) is 0. The van der Waals surface area contributed by atoms with E-state index >= 15 is 0 Å². The Kier molecular flexibility index (Phi) is 6.52. The number of hydrogen-bond donors (Lipinski definition) is 3. The van der Waals surface area contributed by atoms with Gasteiger partial charge in [0.25, 0.3) is 0 Å². The molecule has 2 rings (SSSR count). The molecule has 0 aliphatic rings. The number of rotatable bonds is 8. The minimum Gasteiger partial charge on any atom is -0.488 e. The van der Waals surface area contributed by atoms with Crippen LogP contribution in [0, 0.1) is 0 Å². The highest BCUT2D eigenvalue weighted by atomic mass is 16.5. The van der Waals surface area contributed by atoms with Crippen LogP contribution in [0.5, 0.6) is 5.75 Å². The monoisotopic (exact) mass is 355 g/mol. The van der Waals surface area contributed by atoms with E-state index < -0.39 is 30.5 Å². The highest BCUT2D eigenvalue weighted by Crippen LogP contribution is 2.25. The number of carbonyl (C=O) groups is 2. The van der Waals surface area contributed by atoms with Crippen LogP contribution < -0.4 is 10.5 Å². The molecule has 2 aromatic rings. The highest BCUT2D eigenvalue weighted by Gasteiger charge is 2.28. The third kappa shape index (κ3) is 4.94. The number of benzene rings is 2. The maximum absolute atomic E-state index is 11.0. The van der Waals surface area contributed by atoms with E-state index in [1.807, 2.05) is 55.5 Å². The lowest BCUT2D eigenvalue weighted by Crippen LogP contribution is -2.46. The number of carboxylic acids is 2. The molecule has 0 bridgehead atoms. The normalized spacial score (nSPS) is 13.7. The molecule has 4 N–H and O–H groups in total. The molecule has 1 unspecified atom stereocenters. The van der Waals surface area contributed by atoms with E-state index in [9.17, 15) is 9.59 Å². The van der Waals surface area contributed by atoms with Crippen LogP contribution in [0.15, 0.2) is 60.7 Å². The third-order valence-corrected chi connectivity index (χ3v) is 3.89. The third-order valence-electron chi connectivity index (χ3n) is 3.89. The maximum Gasteiger partial charge on any atom is 0.324 e. The van der Waals surface area contributed by atoms with Crippen LogP contribution in [0.1, 0.15) is 24.5 Å². The van der Waals surface area contributed by atoms with Crippen molar-refractivity contribution < 1.29 is 24.5 Å². The van der Waals surface area contributed by atoms with E-state index in [0.29, 0.717) is 5.75 Å². The molecule has 0 heterocycles. The summed E-state index contributed by atoms with van der Waals surface area (Å²) < 4.78 is 5.52. The van der Waals surface area contributed by atoms with Crippen LogP contribution in [-0.4, -0.2) is 34.3 Å². The lowest BCUT2D eigenvalue weighted by Gasteiger charge is -2.21. The lowest BCUT2D eigenvalue weighted by molar-refractivity contribution is -0.143. The topological polar surface area (TPSA) is 110 Å². The number of allylic oxidation sites excluding steroid dienone is 1. The Bertz CT molecular complexity index is 784. The van der Waals surface area contributed by atoms with Gasteiger partial charge in [0.15, 0.2) is 0 Å². The van der Waals surface area contributed by atoms with Gasteiger partial charge in [-0.25, -0.2) is 0 Å². The molecule has 0 spiro atoms. The Morgan fingerprint density at radius 3 is 2.12 bits per heavy atom. The average Bonchev–Trinajstić information content (AvgIpc) is 2.63. The van der Waals surface area contributed by atoms with Crippen molar-refractivity contribution in [2.75, 3.05) is 0 Å². The molecule has 0 saturated heterocycles. The second kappa shape index (κ2) is 8.82. The smallest absolute Gasteiger partial charge is 0.324 e. The quantitative estimate of drug-likeness (QED) is 0.672. The van der Waals surface area contributed by atoms with Gasteiger partial charge in [0.1, 0.15) is 17.9 Å². The number of ether oxygens (including phenoxy) is 1. The van der Waals surface area contributed by atoms with Crippen molar-refractivity contribution in [2.45, 2.75) is 25.5 Å². The molecule has 6 nitrogen and oxygen atoms in total. The fraction of sp³-hybridized carbons (Fsp3) is 0.200. The Hall–Kier alpha value is -3.12. The summed E-state index contributed by atoms with van der Waals surface area (Å²) in [5.41, 5.74) is 8.61. The van der Waals surface area contributed by atoms with E-state index in [-0.39, 0.29) is 0 Å². The van der Waals surface area contributed by atoms with E-state index in [1.54, 1.807) is 12.1 Å². The molecule has 0 radical (unpaired) electrons. The predicted molar refractivity (Wildman–Crippen MR) is 97.9 cm³/mol. The van der Waals surface area contributed by atoms with Gasteiger partial charge in [-0.3, -0.25) is 9.59 Å². The van der Waals surface area contributed by atoms with Crippen LogP contribution in [0.3, 0.4) is 0 Å². The van der Waals surface area contributed by atoms with Crippen molar-refractivity contribution in [3.05, 3.63) is 71.8 Å². The van der Waals surface area contributed by atoms with Gasteiger partial charge in [0.2, 0.25) is 0 Å². The van der Waals surface area contributed by atoms with Crippen LogP contribution in [0.25, 0.3) is 5.57 Å². The maximum atomic E-state index is 11.0. The Balaban J connectivity index is 2.19. The average molecular weight is 355 g/mol. The van der Waals surface area contributed by atoms with Gasteiger partial charge in [0, 0.05) is 0 Å². The standard InChI is InChI=1S/C20H21NO5/c1-2-16(13-6-4-3-5-7-13)14-8-10-15(11-9-14)26-17(12-18(22)23)19(21)20(24)25/h2-11,17,19H,12,21H2,1H3,(H,22,23)(H,24,25)/t17?,19-/m0/s1. The van der Waals surface area contributed by atoms with Crippen LogP contribution >= 0.6 is 0 Å². The van der Waals surface area contributed by atoms with Gasteiger partial charge < -0.3 is 20.7 Å². The first-order valence-corrected chi connectivity index (χ1v) is 8.11. The van der Waals surface area contributed by atoms with Gasteiger partial charge in [-0.2, -0.15) is 0 Å². The van der Waals surface area contributed by atoms with Crippen molar-refractivity contribution in [2.24, 2.45) is 5.73 Å². The molecule has 26 heavy (non-hydrogen) atoms. The molecule has 0 aliphatic heterocycles. The van der Waals surface area contributed by atoms with E-state index in [0.717, 1.165) is 16.7 Å². The molecular weight excluding hydrogens is 334 g/mol. The molecule has 0 fully saturated rings. The number of carboxylic acid groups (broad SMARTS) is 2. The summed E-state index contributed by atoms with van der Waals surface area (Å²) in [6.07, 6.45) is 0.337. The predicted octanol–water partition coefficient (Wildman–Crippen LogP) is 2.77. The summed E-state index contributed by atoms with van der Waals surface area (Å²) in [6.45, 7) is 1.95. The van der Waals surface area contributed by atoms with E-state index in [1.165, 1.54) is 0 Å². The van der Waals surface area contributed by atoms with Crippen molar-refractivity contribution in [1.29, 1.82) is 0 Å². The first kappa shape index (κ1) is 19.2. The van der Waals surface area contributed by atoms with Crippen molar-refractivity contribution in [1.82, 2.24) is 0 Å². The Morgan fingerprint density at radius 1 is 1.04 bits per heavy atom. The van der Waals surface area contributed by atoms with Gasteiger partial charge in [0.05, 0.1) is 6.42 Å². The summed E-state index contributed by atoms with van der Waals surface area (Å²) in [5.74, 6) is -2.13. The molecule has 6 heteroatoms. The Morgan fingerprint density at radius 2 is 1.62 bits per heavy atom. The van der Waals surface area contributed by atoms with Crippen molar-refractivity contribution >= 4 is 17.5 Å². The van der Waals surface area contributed by atoms with Crippen LogP contribution in [0.4, 0.5) is 0 Å². The van der Waals surface area contributed by atoms with E-state index in [2.05, 4.69) is 0 Å². The minimum atomic E-state index is -1.43. The van der Waals surface area contributed by atoms with Gasteiger partial charge in [-0.1, -0.05) is 48.5 Å². The van der Waals surface area contributed by atoms with Crippen molar-refractivity contribution in [3.63, 3.8) is 0 Å². The zero-order valence-electron chi connectivity index (χ0n) is 14.3. The zero-order chi connectivity index (χ0) is 19.1. The fourth-order valence-electron chi connectivity index (χ4n) is 2.58. The highest BCUT2D eigenvalue weighted by molar-refractivity contribution is 5.79. The summed E-state index contributed by atoms with van der Waals surface area (Å²) in [4.78, 5) is 22.0. The lowest BCUT2D eigenvalue weighted by atomic mass is 9.98. The molecule has 0 aliphatic carbocycles. The first-order valence-electron chi connectivity index (χ1n) is 8.11. The molecule has 2 aromatic carbocycles. The zero-order valence-corrected chi connectivity index (χ0v) is 14.3. The minimum absolute atomic E-state index is 0.361. The first-order chi connectivity index (χ1) is 12.4. The number of aliphatic carboxylic acids is 2. The second-order valence-electron chi connectivity index (χ2n) is 5.71. The second-order valence-corrected chi connectivity index (χ2v) is 5.71. The van der Waals surface area contributed by atoms with Crippen LogP contribution in [-0.2, 0) is 9.59 Å². The van der Waals surface area contributed by atoms with Gasteiger partial charge in [-0.15, -0.1) is 0 Å². The summed E-state index contributed by atoms with van der Waals surface area (Å²) >= 11 is 0. The number of hydrogen-bond acceptors (Lipinski definition) is 4. The van der Waals surface area contributed by atoms with Crippen molar-refractivity contribution in [3.8, 4) is 5.75 Å². The number of nitrogens with two attached hydrogens (primary N) is 1. The summed E-state index contributed by atoms with van der Waals surface area (Å²) in [5, 5.41) is 17.9. The summed E-state index contributed by atoms with van der Waals surface area (Å²) in [6, 6.07) is 15.5. The van der Waals surface area contributed by atoms with E-state index in [4.69, 9.17) is 20.7 Å². The molecular formula is C20H21NO5. The van der Waals surface area contributed by atoms with Gasteiger partial charge in [-0.05, 0) is 35.8 Å². The largest absolute Gasteiger partial charge is 0.488 e.